The number of ether oxygens (including phenoxy) is 1. The minimum Gasteiger partial charge on any atom is -0.377 e. The average molecular weight is 297 g/mol. The number of benzene rings is 1. The molecule has 0 aliphatic rings. The van der Waals surface area contributed by atoms with Crippen LogP contribution in [0.2, 0.25) is 0 Å². The molecule has 17 heavy (non-hydrogen) atoms. The second-order valence-electron chi connectivity index (χ2n) is 4.06. The van der Waals surface area contributed by atoms with Crippen LogP contribution in [0.5, 0.6) is 0 Å². The Morgan fingerprint density at radius 2 is 1.88 bits per heavy atom. The number of halogens is 1. The van der Waals surface area contributed by atoms with Crippen molar-refractivity contribution in [2.45, 2.75) is 32.3 Å². The van der Waals surface area contributed by atoms with E-state index in [0.29, 0.717) is 6.61 Å². The molecule has 0 amide bonds. The van der Waals surface area contributed by atoms with Crippen LogP contribution in [-0.4, -0.2) is 11.9 Å². The van der Waals surface area contributed by atoms with E-state index in [9.17, 15) is 0 Å². The third-order valence-corrected chi connectivity index (χ3v) is 3.27. The lowest BCUT2D eigenvalue weighted by molar-refractivity contribution is 0.116. The van der Waals surface area contributed by atoms with Gasteiger partial charge in [-0.1, -0.05) is 65.7 Å². The van der Waals surface area contributed by atoms with Crippen LogP contribution < -0.4 is 0 Å². The molecule has 0 saturated heterocycles. The number of hydrogen-bond acceptors (Lipinski definition) is 1. The molecule has 0 spiro atoms. The molecule has 1 rings (SSSR count). The predicted molar refractivity (Wildman–Crippen MR) is 78.5 cm³/mol. The summed E-state index contributed by atoms with van der Waals surface area (Å²) in [6.45, 7) is 5.36. The van der Waals surface area contributed by atoms with Gasteiger partial charge in [-0.25, -0.2) is 0 Å². The highest BCUT2D eigenvalue weighted by Crippen LogP contribution is 2.11. The Hall–Kier alpha value is -0.600. The van der Waals surface area contributed by atoms with Crippen LogP contribution in [0.4, 0.5) is 0 Å². The molecule has 2 heteroatoms. The molecule has 0 radical (unpaired) electrons. The summed E-state index contributed by atoms with van der Waals surface area (Å²) in [4.78, 5) is 0. The van der Waals surface area contributed by atoms with E-state index in [1.807, 2.05) is 18.2 Å². The van der Waals surface area contributed by atoms with Gasteiger partial charge in [-0.15, -0.1) is 0 Å². The number of rotatable bonds is 9. The second kappa shape index (κ2) is 9.43. The molecule has 94 valence electrons. The molecular formula is C15H21BrO. The van der Waals surface area contributed by atoms with Crippen LogP contribution >= 0.6 is 15.9 Å². The smallest absolute Gasteiger partial charge is 0.0722 e. The zero-order valence-corrected chi connectivity index (χ0v) is 11.9. The summed E-state index contributed by atoms with van der Waals surface area (Å²) < 4.78 is 5.68. The summed E-state index contributed by atoms with van der Waals surface area (Å²) >= 11 is 3.44. The third-order valence-electron chi connectivity index (χ3n) is 2.70. The van der Waals surface area contributed by atoms with Crippen molar-refractivity contribution < 1.29 is 4.74 Å². The van der Waals surface area contributed by atoms with Crippen molar-refractivity contribution in [3.8, 4) is 0 Å². The molecule has 0 saturated carbocycles. The Morgan fingerprint density at radius 3 is 2.65 bits per heavy atom. The van der Waals surface area contributed by atoms with Crippen LogP contribution in [0.25, 0.3) is 6.08 Å². The predicted octanol–water partition coefficient (Wildman–Crippen LogP) is 4.80. The number of hydrogen-bond donors (Lipinski definition) is 0. The quantitative estimate of drug-likeness (QED) is 0.470. The van der Waals surface area contributed by atoms with Gasteiger partial charge in [0.05, 0.1) is 6.61 Å². The van der Waals surface area contributed by atoms with Gasteiger partial charge in [-0.2, -0.15) is 0 Å². The highest BCUT2D eigenvalue weighted by Gasteiger charge is 1.98. The van der Waals surface area contributed by atoms with E-state index in [0.717, 1.165) is 18.4 Å². The van der Waals surface area contributed by atoms with E-state index in [4.69, 9.17) is 4.74 Å². The molecule has 0 fully saturated rings. The Morgan fingerprint density at radius 1 is 1.12 bits per heavy atom. The lowest BCUT2D eigenvalue weighted by Crippen LogP contribution is -1.97. The summed E-state index contributed by atoms with van der Waals surface area (Å²) in [5, 5.41) is 1.11. The zero-order chi connectivity index (χ0) is 12.3. The standard InChI is InChI=1S/C15H21BrO/c1-2-14-9-5-6-10-15(14)13-17-12-8-4-3-7-11-16/h2,5-6,9-10H,1,3-4,7-8,11-13H2. The van der Waals surface area contributed by atoms with Gasteiger partial charge in [0.15, 0.2) is 0 Å². The van der Waals surface area contributed by atoms with Crippen molar-refractivity contribution >= 4 is 22.0 Å². The molecule has 1 aromatic rings. The minimum absolute atomic E-state index is 0.695. The first-order chi connectivity index (χ1) is 8.38. The summed E-state index contributed by atoms with van der Waals surface area (Å²) in [7, 11) is 0. The normalized spacial score (nSPS) is 10.4. The summed E-state index contributed by atoms with van der Waals surface area (Å²) in [5.41, 5.74) is 2.40. The first-order valence-corrected chi connectivity index (χ1v) is 7.34. The average Bonchev–Trinajstić information content (AvgIpc) is 2.38. The van der Waals surface area contributed by atoms with Gasteiger partial charge < -0.3 is 4.74 Å². The maximum atomic E-state index is 5.68. The van der Waals surface area contributed by atoms with Crippen LogP contribution in [-0.2, 0) is 11.3 Å². The first kappa shape index (κ1) is 14.5. The van der Waals surface area contributed by atoms with E-state index in [-0.39, 0.29) is 0 Å². The molecule has 1 nitrogen and oxygen atoms in total. The van der Waals surface area contributed by atoms with E-state index in [1.165, 1.54) is 30.4 Å². The zero-order valence-electron chi connectivity index (χ0n) is 10.3. The van der Waals surface area contributed by atoms with Gasteiger partial charge in [-0.3, -0.25) is 0 Å². The Bertz CT molecular complexity index is 322. The largest absolute Gasteiger partial charge is 0.377 e. The minimum atomic E-state index is 0.695. The maximum Gasteiger partial charge on any atom is 0.0722 e. The monoisotopic (exact) mass is 296 g/mol. The molecule has 0 heterocycles. The molecule has 0 atom stereocenters. The molecule has 0 bridgehead atoms. The molecule has 0 aliphatic heterocycles. The Kier molecular flexibility index (Phi) is 8.02. The Balaban J connectivity index is 2.15. The van der Waals surface area contributed by atoms with Crippen molar-refractivity contribution in [1.82, 2.24) is 0 Å². The highest BCUT2D eigenvalue weighted by molar-refractivity contribution is 9.09. The fourth-order valence-corrected chi connectivity index (χ4v) is 2.10. The van der Waals surface area contributed by atoms with Gasteiger partial charge in [0, 0.05) is 11.9 Å². The van der Waals surface area contributed by atoms with E-state index < -0.39 is 0 Å². The van der Waals surface area contributed by atoms with Gasteiger partial charge in [-0.05, 0) is 24.0 Å². The summed E-state index contributed by atoms with van der Waals surface area (Å²) in [6, 6.07) is 8.24. The van der Waals surface area contributed by atoms with E-state index >= 15 is 0 Å². The highest BCUT2D eigenvalue weighted by atomic mass is 79.9. The fraction of sp³-hybridized carbons (Fsp3) is 0.467. The molecule has 0 aliphatic carbocycles. The summed E-state index contributed by atoms with van der Waals surface area (Å²) in [5.74, 6) is 0. The van der Waals surface area contributed by atoms with Crippen LogP contribution in [0.15, 0.2) is 30.8 Å². The molecule has 0 N–H and O–H groups in total. The van der Waals surface area contributed by atoms with Crippen LogP contribution in [0.3, 0.4) is 0 Å². The van der Waals surface area contributed by atoms with Crippen LogP contribution in [0.1, 0.15) is 36.8 Å². The van der Waals surface area contributed by atoms with Gasteiger partial charge in [0.25, 0.3) is 0 Å². The number of unbranched alkanes of at least 4 members (excludes halogenated alkanes) is 3. The van der Waals surface area contributed by atoms with E-state index in [1.54, 1.807) is 0 Å². The van der Waals surface area contributed by atoms with E-state index in [2.05, 4.69) is 34.6 Å². The Labute approximate surface area is 113 Å². The molecule has 0 unspecified atom stereocenters. The number of alkyl halides is 1. The maximum absolute atomic E-state index is 5.68. The second-order valence-corrected chi connectivity index (χ2v) is 4.85. The lowest BCUT2D eigenvalue weighted by atomic mass is 10.1. The first-order valence-electron chi connectivity index (χ1n) is 6.22. The fourth-order valence-electron chi connectivity index (χ4n) is 1.70. The molecule has 1 aromatic carbocycles. The summed E-state index contributed by atoms with van der Waals surface area (Å²) in [6.07, 6.45) is 6.85. The van der Waals surface area contributed by atoms with Crippen molar-refractivity contribution in [1.29, 1.82) is 0 Å². The molecular weight excluding hydrogens is 276 g/mol. The van der Waals surface area contributed by atoms with Gasteiger partial charge in [0.1, 0.15) is 0 Å². The van der Waals surface area contributed by atoms with Crippen molar-refractivity contribution in [2.75, 3.05) is 11.9 Å². The molecule has 0 aromatic heterocycles. The lowest BCUT2D eigenvalue weighted by Gasteiger charge is -2.07. The van der Waals surface area contributed by atoms with Crippen molar-refractivity contribution in [3.63, 3.8) is 0 Å². The van der Waals surface area contributed by atoms with Crippen molar-refractivity contribution in [2.24, 2.45) is 0 Å². The van der Waals surface area contributed by atoms with Gasteiger partial charge in [0.2, 0.25) is 0 Å². The van der Waals surface area contributed by atoms with Crippen LogP contribution in [0, 0.1) is 0 Å². The topological polar surface area (TPSA) is 9.23 Å². The van der Waals surface area contributed by atoms with Gasteiger partial charge >= 0.3 is 0 Å². The van der Waals surface area contributed by atoms with Crippen molar-refractivity contribution in [3.05, 3.63) is 42.0 Å². The SMILES string of the molecule is C=Cc1ccccc1COCCCCCCBr. The third kappa shape index (κ3) is 6.04.